The molecule has 1 heterocycles. The zero-order valence-electron chi connectivity index (χ0n) is 6.72. The summed E-state index contributed by atoms with van der Waals surface area (Å²) >= 11 is 1.01. The first-order valence-corrected chi connectivity index (χ1v) is 5.86. The highest BCUT2D eigenvalue weighted by Gasteiger charge is 2.34. The van der Waals surface area contributed by atoms with Gasteiger partial charge in [0.15, 0.2) is 9.28 Å². The van der Waals surface area contributed by atoms with Crippen LogP contribution in [-0.2, 0) is 14.6 Å². The van der Waals surface area contributed by atoms with Gasteiger partial charge in [0, 0.05) is 0 Å². The Morgan fingerprint density at radius 1 is 1.69 bits per heavy atom. The molecule has 0 saturated heterocycles. The van der Waals surface area contributed by atoms with Crippen LogP contribution in [0.25, 0.3) is 0 Å². The van der Waals surface area contributed by atoms with Crippen molar-refractivity contribution in [2.45, 2.75) is 6.92 Å². The minimum Gasteiger partial charge on any atom is -0.477 e. The summed E-state index contributed by atoms with van der Waals surface area (Å²) in [6.07, 6.45) is 0.871. The van der Waals surface area contributed by atoms with E-state index in [1.54, 1.807) is 6.92 Å². The summed E-state index contributed by atoms with van der Waals surface area (Å²) in [5, 5.41) is 8.50. The number of carbonyl (C=O) groups is 1. The Morgan fingerprint density at radius 3 is 2.69 bits per heavy atom. The fourth-order valence-electron chi connectivity index (χ4n) is 0.753. The Hall–Kier alpha value is -0.820. The maximum Gasteiger partial charge on any atom is 0.349 e. The van der Waals surface area contributed by atoms with Crippen LogP contribution in [0.3, 0.4) is 0 Å². The Labute approximate surface area is 79.5 Å². The van der Waals surface area contributed by atoms with Crippen LogP contribution in [0.2, 0.25) is 0 Å². The summed E-state index contributed by atoms with van der Waals surface area (Å²) < 4.78 is 22.5. The molecule has 0 atom stereocenters. The number of nitrogens with zero attached hydrogens (tertiary/aromatic N) is 1. The first kappa shape index (κ1) is 10.3. The van der Waals surface area contributed by atoms with Crippen molar-refractivity contribution in [3.8, 4) is 0 Å². The third-order valence-corrected chi connectivity index (χ3v) is 4.36. The van der Waals surface area contributed by atoms with Gasteiger partial charge in [-0.1, -0.05) is 18.7 Å². The van der Waals surface area contributed by atoms with Gasteiger partial charge in [-0.15, -0.1) is 0 Å². The molecule has 0 saturated carbocycles. The molecule has 1 N–H and O–H groups in total. The van der Waals surface area contributed by atoms with Gasteiger partial charge in [-0.3, -0.25) is 0 Å². The molecule has 0 aromatic carbocycles. The van der Waals surface area contributed by atoms with E-state index in [0.29, 0.717) is 5.75 Å². The summed E-state index contributed by atoms with van der Waals surface area (Å²) in [5.74, 6) is -0.922. The van der Waals surface area contributed by atoms with E-state index >= 15 is 0 Å². The van der Waals surface area contributed by atoms with Crippen molar-refractivity contribution in [3.05, 3.63) is 11.1 Å². The van der Waals surface area contributed by atoms with E-state index in [9.17, 15) is 13.2 Å². The molecule has 0 amide bonds. The second-order valence-corrected chi connectivity index (χ2v) is 5.47. The first-order valence-electron chi connectivity index (χ1n) is 3.39. The Balaban J connectivity index is 3.02. The molecule has 0 aromatic rings. The van der Waals surface area contributed by atoms with E-state index in [0.717, 1.165) is 18.0 Å². The van der Waals surface area contributed by atoms with Gasteiger partial charge in [0.25, 0.3) is 0 Å². The summed E-state index contributed by atoms with van der Waals surface area (Å²) in [6.45, 7) is 1.77. The lowest BCUT2D eigenvalue weighted by molar-refractivity contribution is -0.131. The number of carboxylic acid groups (broad SMARTS) is 1. The van der Waals surface area contributed by atoms with Gasteiger partial charge >= 0.3 is 5.97 Å². The van der Waals surface area contributed by atoms with E-state index in [1.165, 1.54) is 0 Å². The molecule has 0 spiro atoms. The van der Waals surface area contributed by atoms with Gasteiger partial charge in [-0.25, -0.2) is 18.2 Å². The zero-order chi connectivity index (χ0) is 10.1. The molecule has 0 aromatic heterocycles. The Kier molecular flexibility index (Phi) is 2.77. The molecular formula is C6H7NO4S2. The standard InChI is InChI=1S/C6H7NO4S2/c1-2-12-6-7-3-4(5(8)9)13(6,10)11/h3H,2H2,1H3,(H,8,9). The lowest BCUT2D eigenvalue weighted by Crippen LogP contribution is -2.15. The number of rotatable bonds is 2. The number of hydrogen-bond donors (Lipinski definition) is 1. The largest absolute Gasteiger partial charge is 0.477 e. The third-order valence-electron chi connectivity index (χ3n) is 1.29. The fourth-order valence-corrected chi connectivity index (χ4v) is 3.17. The maximum atomic E-state index is 11.3. The Morgan fingerprint density at radius 2 is 2.31 bits per heavy atom. The van der Waals surface area contributed by atoms with Crippen molar-refractivity contribution in [1.82, 2.24) is 0 Å². The summed E-state index contributed by atoms with van der Waals surface area (Å²) in [4.78, 5) is 13.3. The summed E-state index contributed by atoms with van der Waals surface area (Å²) in [5.41, 5.74) is 0. The number of thioether (sulfide) groups is 1. The lowest BCUT2D eigenvalue weighted by Gasteiger charge is -1.98. The molecule has 0 unspecified atom stereocenters. The van der Waals surface area contributed by atoms with Crippen LogP contribution in [0, 0.1) is 0 Å². The lowest BCUT2D eigenvalue weighted by atomic mass is 10.6. The second-order valence-electron chi connectivity index (χ2n) is 2.13. The third kappa shape index (κ3) is 1.75. The van der Waals surface area contributed by atoms with Crippen molar-refractivity contribution < 1.29 is 18.3 Å². The SMILES string of the molecule is CCSC1=NC=C(C(=O)O)S1(=O)=O. The number of aliphatic imine (C=N–C) groups is 1. The van der Waals surface area contributed by atoms with Crippen molar-refractivity contribution in [2.75, 3.05) is 5.75 Å². The fraction of sp³-hybridized carbons (Fsp3) is 0.333. The number of sulfone groups is 1. The molecule has 72 valence electrons. The minimum atomic E-state index is -3.81. The zero-order valence-corrected chi connectivity index (χ0v) is 8.35. The predicted molar refractivity (Wildman–Crippen MR) is 50.2 cm³/mol. The van der Waals surface area contributed by atoms with Crippen LogP contribution in [0.5, 0.6) is 0 Å². The second kappa shape index (κ2) is 3.51. The molecule has 0 radical (unpaired) electrons. The van der Waals surface area contributed by atoms with E-state index in [1.807, 2.05) is 0 Å². The Bertz CT molecular complexity index is 393. The van der Waals surface area contributed by atoms with Gasteiger partial charge in [-0.2, -0.15) is 0 Å². The van der Waals surface area contributed by atoms with Crippen LogP contribution in [0.15, 0.2) is 16.1 Å². The summed E-state index contributed by atoms with van der Waals surface area (Å²) in [6, 6.07) is 0. The molecule has 0 fully saturated rings. The molecule has 1 aliphatic rings. The topological polar surface area (TPSA) is 83.8 Å². The van der Waals surface area contributed by atoms with Crippen molar-refractivity contribution >= 4 is 31.9 Å². The average Bonchev–Trinajstić information content (AvgIpc) is 2.28. The minimum absolute atomic E-state index is 0.132. The molecule has 0 aliphatic carbocycles. The van der Waals surface area contributed by atoms with Crippen LogP contribution >= 0.6 is 11.8 Å². The van der Waals surface area contributed by atoms with E-state index in [2.05, 4.69) is 4.99 Å². The van der Waals surface area contributed by atoms with Crippen LogP contribution < -0.4 is 0 Å². The van der Waals surface area contributed by atoms with E-state index in [4.69, 9.17) is 5.11 Å². The van der Waals surface area contributed by atoms with Crippen molar-refractivity contribution in [3.63, 3.8) is 0 Å². The maximum absolute atomic E-state index is 11.3. The average molecular weight is 221 g/mol. The number of aliphatic carboxylic acids is 1. The number of carboxylic acids is 1. The number of hydrogen-bond acceptors (Lipinski definition) is 5. The smallest absolute Gasteiger partial charge is 0.349 e. The molecule has 1 aliphatic heterocycles. The molecular weight excluding hydrogens is 214 g/mol. The molecule has 0 bridgehead atoms. The van der Waals surface area contributed by atoms with Crippen molar-refractivity contribution in [2.24, 2.45) is 4.99 Å². The van der Waals surface area contributed by atoms with Crippen LogP contribution in [0.1, 0.15) is 6.92 Å². The normalized spacial score (nSPS) is 19.5. The predicted octanol–water partition coefficient (Wildman–Crippen LogP) is 0.450. The highest BCUT2D eigenvalue weighted by molar-refractivity contribution is 8.37. The first-order chi connectivity index (χ1) is 6.00. The van der Waals surface area contributed by atoms with Gasteiger partial charge in [0.2, 0.25) is 9.84 Å². The van der Waals surface area contributed by atoms with Gasteiger partial charge in [-0.05, 0) is 5.75 Å². The highest BCUT2D eigenvalue weighted by Crippen LogP contribution is 2.24. The highest BCUT2D eigenvalue weighted by atomic mass is 32.3. The molecule has 5 nitrogen and oxygen atoms in total. The molecule has 13 heavy (non-hydrogen) atoms. The van der Waals surface area contributed by atoms with Gasteiger partial charge in [0.1, 0.15) is 0 Å². The van der Waals surface area contributed by atoms with Gasteiger partial charge in [0.05, 0.1) is 6.20 Å². The van der Waals surface area contributed by atoms with Crippen molar-refractivity contribution in [1.29, 1.82) is 0 Å². The van der Waals surface area contributed by atoms with E-state index < -0.39 is 20.7 Å². The summed E-state index contributed by atoms with van der Waals surface area (Å²) in [7, 11) is -3.81. The van der Waals surface area contributed by atoms with Gasteiger partial charge < -0.3 is 5.11 Å². The van der Waals surface area contributed by atoms with Crippen LogP contribution in [-0.4, -0.2) is 29.6 Å². The molecule has 1 rings (SSSR count). The quantitative estimate of drug-likeness (QED) is 0.731. The monoisotopic (exact) mass is 221 g/mol. The molecule has 7 heteroatoms. The van der Waals surface area contributed by atoms with Crippen LogP contribution in [0.4, 0.5) is 0 Å². The van der Waals surface area contributed by atoms with E-state index in [-0.39, 0.29) is 4.38 Å².